The first-order chi connectivity index (χ1) is 7.66. The van der Waals surface area contributed by atoms with Crippen LogP contribution in [0.4, 0.5) is 0 Å². The van der Waals surface area contributed by atoms with Crippen LogP contribution < -0.4 is 5.73 Å². The lowest BCUT2D eigenvalue weighted by Gasteiger charge is -2.22. The summed E-state index contributed by atoms with van der Waals surface area (Å²) in [5.74, 6) is 0.471. The highest BCUT2D eigenvalue weighted by atomic mass is 35.5. The monoisotopic (exact) mass is 239 g/mol. The Morgan fingerprint density at radius 1 is 1.56 bits per heavy atom. The Hall–Kier alpha value is -0.570. The van der Waals surface area contributed by atoms with Crippen LogP contribution in [0.5, 0.6) is 0 Å². The van der Waals surface area contributed by atoms with Gasteiger partial charge in [-0.1, -0.05) is 23.7 Å². The van der Waals surface area contributed by atoms with E-state index in [2.05, 4.69) is 13.0 Å². The van der Waals surface area contributed by atoms with Gasteiger partial charge in [0.15, 0.2) is 0 Å². The van der Waals surface area contributed by atoms with Gasteiger partial charge in [0.05, 0.1) is 6.10 Å². The van der Waals surface area contributed by atoms with Gasteiger partial charge in [-0.3, -0.25) is 0 Å². The zero-order valence-electron chi connectivity index (χ0n) is 9.53. The minimum atomic E-state index is 0.163. The van der Waals surface area contributed by atoms with E-state index >= 15 is 0 Å². The topological polar surface area (TPSA) is 35.2 Å². The van der Waals surface area contributed by atoms with Crippen LogP contribution in [-0.4, -0.2) is 18.8 Å². The molecule has 88 valence electrons. The molecule has 1 fully saturated rings. The second-order valence-electron chi connectivity index (χ2n) is 4.53. The van der Waals surface area contributed by atoms with E-state index < -0.39 is 0 Å². The molecule has 1 aliphatic heterocycles. The Morgan fingerprint density at radius 3 is 3.00 bits per heavy atom. The summed E-state index contributed by atoms with van der Waals surface area (Å²) in [5, 5.41) is 0.778. The van der Waals surface area contributed by atoms with Crippen LogP contribution in [0, 0.1) is 5.92 Å². The first kappa shape index (κ1) is 11.9. The van der Waals surface area contributed by atoms with Crippen LogP contribution in [0.3, 0.4) is 0 Å². The molecule has 3 atom stereocenters. The van der Waals surface area contributed by atoms with Crippen LogP contribution in [0.1, 0.15) is 18.9 Å². The maximum atomic E-state index is 6.23. The van der Waals surface area contributed by atoms with Crippen LogP contribution in [0.2, 0.25) is 5.02 Å². The fraction of sp³-hybridized carbons (Fsp3) is 0.538. The lowest BCUT2D eigenvalue weighted by molar-refractivity contribution is 0.0995. The lowest BCUT2D eigenvalue weighted by Crippen LogP contribution is -2.36. The van der Waals surface area contributed by atoms with Crippen molar-refractivity contribution in [2.45, 2.75) is 31.9 Å². The van der Waals surface area contributed by atoms with Gasteiger partial charge in [-0.15, -0.1) is 0 Å². The van der Waals surface area contributed by atoms with E-state index in [0.717, 1.165) is 24.5 Å². The van der Waals surface area contributed by atoms with E-state index in [1.165, 1.54) is 5.56 Å². The summed E-state index contributed by atoms with van der Waals surface area (Å²) < 4.78 is 5.54. The first-order valence-electron chi connectivity index (χ1n) is 5.78. The molecular weight excluding hydrogens is 222 g/mol. The number of hydrogen-bond acceptors (Lipinski definition) is 2. The predicted octanol–water partition coefficient (Wildman–Crippen LogP) is 2.63. The molecule has 0 aliphatic carbocycles. The van der Waals surface area contributed by atoms with E-state index in [1.54, 1.807) is 0 Å². The highest BCUT2D eigenvalue weighted by Gasteiger charge is 2.29. The second-order valence-corrected chi connectivity index (χ2v) is 4.96. The molecule has 1 saturated heterocycles. The lowest BCUT2D eigenvalue weighted by atomic mass is 9.90. The van der Waals surface area contributed by atoms with Gasteiger partial charge in [0.2, 0.25) is 0 Å². The fourth-order valence-corrected chi connectivity index (χ4v) is 2.61. The maximum absolute atomic E-state index is 6.23. The predicted molar refractivity (Wildman–Crippen MR) is 66.7 cm³/mol. The summed E-state index contributed by atoms with van der Waals surface area (Å²) in [6.45, 7) is 2.95. The molecule has 0 spiro atoms. The van der Waals surface area contributed by atoms with Gasteiger partial charge in [0, 0.05) is 23.6 Å². The van der Waals surface area contributed by atoms with E-state index in [1.807, 2.05) is 18.2 Å². The van der Waals surface area contributed by atoms with Crippen molar-refractivity contribution in [3.8, 4) is 0 Å². The molecule has 16 heavy (non-hydrogen) atoms. The molecule has 1 aromatic carbocycles. The molecule has 2 nitrogen and oxygen atoms in total. The van der Waals surface area contributed by atoms with E-state index in [9.17, 15) is 0 Å². The van der Waals surface area contributed by atoms with Crippen molar-refractivity contribution >= 4 is 11.6 Å². The molecule has 1 aliphatic rings. The third-order valence-electron chi connectivity index (χ3n) is 3.35. The van der Waals surface area contributed by atoms with Crippen molar-refractivity contribution < 1.29 is 4.74 Å². The number of rotatable bonds is 3. The largest absolute Gasteiger partial charge is 0.378 e. The molecular formula is C13H18ClNO. The Labute approximate surface area is 102 Å². The highest BCUT2D eigenvalue weighted by molar-refractivity contribution is 6.30. The van der Waals surface area contributed by atoms with Crippen LogP contribution in [0.25, 0.3) is 0 Å². The highest BCUT2D eigenvalue weighted by Crippen LogP contribution is 2.25. The Kier molecular flexibility index (Phi) is 3.85. The number of benzene rings is 1. The van der Waals surface area contributed by atoms with Crippen molar-refractivity contribution in [3.05, 3.63) is 34.9 Å². The van der Waals surface area contributed by atoms with Crippen molar-refractivity contribution in [3.63, 3.8) is 0 Å². The van der Waals surface area contributed by atoms with Crippen molar-refractivity contribution in [2.75, 3.05) is 6.61 Å². The van der Waals surface area contributed by atoms with Crippen LogP contribution in [0.15, 0.2) is 24.3 Å². The van der Waals surface area contributed by atoms with Crippen LogP contribution in [-0.2, 0) is 11.2 Å². The molecule has 0 aromatic heterocycles. The Bertz CT molecular complexity index is 356. The SMILES string of the molecule is CC1OCCC1C(N)Cc1cccc(Cl)c1. The molecule has 0 amide bonds. The molecule has 3 heteroatoms. The molecule has 0 bridgehead atoms. The molecule has 2 N–H and O–H groups in total. The first-order valence-corrected chi connectivity index (χ1v) is 6.16. The quantitative estimate of drug-likeness (QED) is 0.880. The molecule has 0 saturated carbocycles. The number of nitrogens with two attached hydrogens (primary N) is 1. The third kappa shape index (κ3) is 2.76. The van der Waals surface area contributed by atoms with E-state index in [0.29, 0.717) is 5.92 Å². The molecule has 2 rings (SSSR count). The van der Waals surface area contributed by atoms with Gasteiger partial charge in [-0.2, -0.15) is 0 Å². The summed E-state index contributed by atoms with van der Waals surface area (Å²) in [7, 11) is 0. The van der Waals surface area contributed by atoms with Crippen LogP contribution >= 0.6 is 11.6 Å². The summed E-state index contributed by atoms with van der Waals surface area (Å²) in [4.78, 5) is 0. The van der Waals surface area contributed by atoms with Gasteiger partial charge >= 0.3 is 0 Å². The van der Waals surface area contributed by atoms with Crippen molar-refractivity contribution in [1.82, 2.24) is 0 Å². The summed E-state index contributed by atoms with van der Waals surface area (Å²) in [6, 6.07) is 8.08. The molecule has 0 radical (unpaired) electrons. The zero-order chi connectivity index (χ0) is 11.5. The molecule has 1 heterocycles. The van der Waals surface area contributed by atoms with Gasteiger partial charge in [-0.25, -0.2) is 0 Å². The summed E-state index contributed by atoms with van der Waals surface area (Å²) in [6.07, 6.45) is 2.23. The molecule has 3 unspecified atom stereocenters. The standard InChI is InChI=1S/C13H18ClNO/c1-9-12(5-6-16-9)13(15)8-10-3-2-4-11(14)7-10/h2-4,7,9,12-13H,5-6,8,15H2,1H3. The Balaban J connectivity index is 1.99. The summed E-state index contributed by atoms with van der Waals surface area (Å²) >= 11 is 5.95. The van der Waals surface area contributed by atoms with Gasteiger partial charge in [0.25, 0.3) is 0 Å². The van der Waals surface area contributed by atoms with E-state index in [-0.39, 0.29) is 12.1 Å². The normalized spacial score (nSPS) is 26.9. The smallest absolute Gasteiger partial charge is 0.0590 e. The number of halogens is 1. The molecule has 1 aromatic rings. The second kappa shape index (κ2) is 5.17. The zero-order valence-corrected chi connectivity index (χ0v) is 10.3. The Morgan fingerprint density at radius 2 is 2.38 bits per heavy atom. The minimum Gasteiger partial charge on any atom is -0.378 e. The van der Waals surface area contributed by atoms with Crippen molar-refractivity contribution in [2.24, 2.45) is 11.7 Å². The maximum Gasteiger partial charge on any atom is 0.0590 e. The summed E-state index contributed by atoms with van der Waals surface area (Å²) in [5.41, 5.74) is 7.44. The third-order valence-corrected chi connectivity index (χ3v) is 3.58. The van der Waals surface area contributed by atoms with Gasteiger partial charge in [-0.05, 0) is 37.5 Å². The number of hydrogen-bond donors (Lipinski definition) is 1. The fourth-order valence-electron chi connectivity index (χ4n) is 2.40. The van der Waals surface area contributed by atoms with Gasteiger partial charge < -0.3 is 10.5 Å². The average molecular weight is 240 g/mol. The number of ether oxygens (including phenoxy) is 1. The van der Waals surface area contributed by atoms with E-state index in [4.69, 9.17) is 22.1 Å². The average Bonchev–Trinajstić information content (AvgIpc) is 2.64. The van der Waals surface area contributed by atoms with Crippen molar-refractivity contribution in [1.29, 1.82) is 0 Å². The minimum absolute atomic E-state index is 0.163. The van der Waals surface area contributed by atoms with Gasteiger partial charge in [0.1, 0.15) is 0 Å².